The SMILES string of the molecule is O=C(Nc1ccc(Cl)cn1)C1CCN(C(=O)c2cccc(-n3nccc3-c3ccccc3)c2)CC1. The molecule has 0 unspecified atom stereocenters. The number of rotatable bonds is 5. The molecule has 0 radical (unpaired) electrons. The minimum atomic E-state index is -0.166. The van der Waals surface area contributed by atoms with Crippen molar-refractivity contribution >= 4 is 29.2 Å². The Morgan fingerprint density at radius 2 is 1.74 bits per heavy atom. The van der Waals surface area contributed by atoms with Crippen molar-refractivity contribution in [2.24, 2.45) is 5.92 Å². The van der Waals surface area contributed by atoms with Crippen LogP contribution in [0.5, 0.6) is 0 Å². The summed E-state index contributed by atoms with van der Waals surface area (Å²) in [5, 5.41) is 7.83. The first-order chi connectivity index (χ1) is 17.1. The fourth-order valence-corrected chi connectivity index (χ4v) is 4.42. The maximum Gasteiger partial charge on any atom is 0.253 e. The van der Waals surface area contributed by atoms with Gasteiger partial charge in [-0.3, -0.25) is 9.59 Å². The molecular formula is C27H24ClN5O2. The van der Waals surface area contributed by atoms with E-state index in [4.69, 9.17) is 11.6 Å². The van der Waals surface area contributed by atoms with E-state index < -0.39 is 0 Å². The van der Waals surface area contributed by atoms with Gasteiger partial charge in [-0.15, -0.1) is 0 Å². The van der Waals surface area contributed by atoms with Crippen LogP contribution < -0.4 is 5.32 Å². The molecule has 5 rings (SSSR count). The molecule has 0 atom stereocenters. The van der Waals surface area contributed by atoms with Gasteiger partial charge in [0.15, 0.2) is 0 Å². The molecule has 176 valence electrons. The summed E-state index contributed by atoms with van der Waals surface area (Å²) in [4.78, 5) is 31.8. The van der Waals surface area contributed by atoms with Crippen LogP contribution in [-0.2, 0) is 4.79 Å². The van der Waals surface area contributed by atoms with E-state index in [2.05, 4.69) is 15.4 Å². The molecule has 1 aliphatic rings. The Balaban J connectivity index is 1.25. The van der Waals surface area contributed by atoms with Crippen LogP contribution in [0.1, 0.15) is 23.2 Å². The normalized spacial score (nSPS) is 14.0. The minimum absolute atomic E-state index is 0.0431. The van der Waals surface area contributed by atoms with Crippen molar-refractivity contribution < 1.29 is 9.59 Å². The largest absolute Gasteiger partial charge is 0.339 e. The van der Waals surface area contributed by atoms with Crippen molar-refractivity contribution in [3.05, 3.63) is 95.8 Å². The van der Waals surface area contributed by atoms with Gasteiger partial charge >= 0.3 is 0 Å². The number of aromatic nitrogens is 3. The quantitative estimate of drug-likeness (QED) is 0.427. The van der Waals surface area contributed by atoms with Gasteiger partial charge in [0.2, 0.25) is 5.91 Å². The number of nitrogens with zero attached hydrogens (tertiary/aromatic N) is 4. The van der Waals surface area contributed by atoms with E-state index in [1.807, 2.05) is 70.2 Å². The third kappa shape index (κ3) is 5.10. The summed E-state index contributed by atoms with van der Waals surface area (Å²) in [7, 11) is 0. The number of pyridine rings is 1. The summed E-state index contributed by atoms with van der Waals surface area (Å²) in [6.45, 7) is 1.04. The third-order valence-electron chi connectivity index (χ3n) is 6.18. The van der Waals surface area contributed by atoms with Gasteiger partial charge in [-0.05, 0) is 49.2 Å². The second-order valence-electron chi connectivity index (χ2n) is 8.46. The molecule has 35 heavy (non-hydrogen) atoms. The molecule has 0 bridgehead atoms. The molecule has 1 N–H and O–H groups in total. The van der Waals surface area contributed by atoms with Crippen molar-refractivity contribution in [3.63, 3.8) is 0 Å². The lowest BCUT2D eigenvalue weighted by Gasteiger charge is -2.31. The standard InChI is InChI=1S/C27H24ClN5O2/c28-22-9-10-25(29-18-22)31-26(34)20-12-15-32(16-13-20)27(35)21-7-4-8-23(17-21)33-24(11-14-30-33)19-5-2-1-3-6-19/h1-11,14,17-18,20H,12-13,15-16H2,(H,29,31,34). The van der Waals surface area contributed by atoms with Crippen molar-refractivity contribution in [3.8, 4) is 16.9 Å². The summed E-state index contributed by atoms with van der Waals surface area (Å²) >= 11 is 5.85. The maximum atomic E-state index is 13.2. The number of hydrogen-bond acceptors (Lipinski definition) is 4. The average molecular weight is 486 g/mol. The van der Waals surface area contributed by atoms with E-state index in [0.29, 0.717) is 42.3 Å². The second kappa shape index (κ2) is 10.1. The molecule has 2 aromatic carbocycles. The molecule has 1 aliphatic heterocycles. The Hall–Kier alpha value is -3.97. The lowest BCUT2D eigenvalue weighted by Crippen LogP contribution is -2.41. The van der Waals surface area contributed by atoms with Crippen LogP contribution in [-0.4, -0.2) is 44.6 Å². The maximum absolute atomic E-state index is 13.2. The fourth-order valence-electron chi connectivity index (χ4n) is 4.31. The van der Waals surface area contributed by atoms with E-state index in [9.17, 15) is 9.59 Å². The van der Waals surface area contributed by atoms with Crippen LogP contribution in [0.15, 0.2) is 85.2 Å². The number of benzene rings is 2. The third-order valence-corrected chi connectivity index (χ3v) is 6.41. The van der Waals surface area contributed by atoms with Crippen molar-refractivity contribution in [1.29, 1.82) is 0 Å². The zero-order valence-electron chi connectivity index (χ0n) is 19.0. The Morgan fingerprint density at radius 1 is 0.943 bits per heavy atom. The molecule has 0 saturated carbocycles. The van der Waals surface area contributed by atoms with Gasteiger partial charge in [0.1, 0.15) is 5.82 Å². The number of anilines is 1. The molecule has 8 heteroatoms. The zero-order valence-corrected chi connectivity index (χ0v) is 19.7. The first-order valence-corrected chi connectivity index (χ1v) is 11.9. The summed E-state index contributed by atoms with van der Waals surface area (Å²) in [6, 6.07) is 22.8. The van der Waals surface area contributed by atoms with Gasteiger partial charge < -0.3 is 10.2 Å². The summed E-state index contributed by atoms with van der Waals surface area (Å²) in [6.07, 6.45) is 4.45. The number of piperidine rings is 1. The van der Waals surface area contributed by atoms with Crippen molar-refractivity contribution in [2.45, 2.75) is 12.8 Å². The number of carbonyl (C=O) groups excluding carboxylic acids is 2. The van der Waals surface area contributed by atoms with Gasteiger partial charge in [-0.2, -0.15) is 5.10 Å². The molecule has 1 fully saturated rings. The van der Waals surface area contributed by atoms with Crippen LogP contribution in [0.25, 0.3) is 16.9 Å². The van der Waals surface area contributed by atoms with E-state index >= 15 is 0 Å². The van der Waals surface area contributed by atoms with E-state index in [1.165, 1.54) is 6.20 Å². The number of hydrogen-bond donors (Lipinski definition) is 1. The second-order valence-corrected chi connectivity index (χ2v) is 8.90. The van der Waals surface area contributed by atoms with E-state index in [0.717, 1.165) is 16.9 Å². The zero-order chi connectivity index (χ0) is 24.2. The Bertz CT molecular complexity index is 1330. The van der Waals surface area contributed by atoms with Gasteiger partial charge in [0.25, 0.3) is 5.91 Å². The molecule has 0 aliphatic carbocycles. The van der Waals surface area contributed by atoms with Crippen molar-refractivity contribution in [2.75, 3.05) is 18.4 Å². The topological polar surface area (TPSA) is 80.1 Å². The first-order valence-electron chi connectivity index (χ1n) is 11.5. The lowest BCUT2D eigenvalue weighted by molar-refractivity contribution is -0.121. The van der Waals surface area contributed by atoms with Gasteiger partial charge in [-0.25, -0.2) is 9.67 Å². The van der Waals surface area contributed by atoms with Crippen LogP contribution in [0.4, 0.5) is 5.82 Å². The molecule has 4 aromatic rings. The molecular weight excluding hydrogens is 462 g/mol. The highest BCUT2D eigenvalue weighted by atomic mass is 35.5. The average Bonchev–Trinajstić information content (AvgIpc) is 3.40. The number of halogens is 1. The first kappa shape index (κ1) is 22.8. The van der Waals surface area contributed by atoms with Crippen LogP contribution >= 0.6 is 11.6 Å². The number of amides is 2. The fraction of sp³-hybridized carbons (Fsp3) is 0.185. The van der Waals surface area contributed by atoms with Crippen molar-refractivity contribution in [1.82, 2.24) is 19.7 Å². The van der Waals surface area contributed by atoms with Crippen LogP contribution in [0.3, 0.4) is 0 Å². The van der Waals surface area contributed by atoms with Gasteiger partial charge in [0.05, 0.1) is 22.6 Å². The molecule has 2 aromatic heterocycles. The van der Waals surface area contributed by atoms with E-state index in [1.54, 1.807) is 18.3 Å². The van der Waals surface area contributed by atoms with E-state index in [-0.39, 0.29) is 17.7 Å². The summed E-state index contributed by atoms with van der Waals surface area (Å²) < 4.78 is 1.84. The Kier molecular flexibility index (Phi) is 6.59. The highest BCUT2D eigenvalue weighted by Crippen LogP contribution is 2.24. The molecule has 1 saturated heterocycles. The Morgan fingerprint density at radius 3 is 2.49 bits per heavy atom. The highest BCUT2D eigenvalue weighted by molar-refractivity contribution is 6.30. The number of likely N-dealkylation sites (tertiary alicyclic amines) is 1. The smallest absolute Gasteiger partial charge is 0.253 e. The number of nitrogens with one attached hydrogen (secondary N) is 1. The highest BCUT2D eigenvalue weighted by Gasteiger charge is 2.28. The molecule has 3 heterocycles. The molecule has 7 nitrogen and oxygen atoms in total. The van der Waals surface area contributed by atoms with Gasteiger partial charge in [-0.1, -0.05) is 48.0 Å². The number of carbonyl (C=O) groups is 2. The predicted molar refractivity (Wildman–Crippen MR) is 136 cm³/mol. The van der Waals surface area contributed by atoms with Crippen LogP contribution in [0, 0.1) is 5.92 Å². The molecule has 2 amide bonds. The lowest BCUT2D eigenvalue weighted by atomic mass is 9.95. The Labute approximate surface area is 208 Å². The minimum Gasteiger partial charge on any atom is -0.339 e. The van der Waals surface area contributed by atoms with Crippen LogP contribution in [0.2, 0.25) is 5.02 Å². The van der Waals surface area contributed by atoms with Gasteiger partial charge in [0, 0.05) is 36.3 Å². The summed E-state index contributed by atoms with van der Waals surface area (Å²) in [5.41, 5.74) is 3.43. The predicted octanol–water partition coefficient (Wildman–Crippen LogP) is 5.08. The monoisotopic (exact) mass is 485 g/mol. The molecule has 0 spiro atoms. The summed E-state index contributed by atoms with van der Waals surface area (Å²) in [5.74, 6) is 0.183.